The fourth-order valence-corrected chi connectivity index (χ4v) is 3.25. The molecule has 29 heavy (non-hydrogen) atoms. The Morgan fingerprint density at radius 3 is 2.24 bits per heavy atom. The maximum Gasteiger partial charge on any atom is 0.340 e. The van der Waals surface area contributed by atoms with Gasteiger partial charge >= 0.3 is 12.0 Å². The fourth-order valence-electron chi connectivity index (χ4n) is 3.25. The predicted octanol–water partition coefficient (Wildman–Crippen LogP) is 3.42. The van der Waals surface area contributed by atoms with Crippen molar-refractivity contribution in [2.24, 2.45) is 0 Å². The van der Waals surface area contributed by atoms with Crippen molar-refractivity contribution in [3.8, 4) is 0 Å². The summed E-state index contributed by atoms with van der Waals surface area (Å²) in [6.45, 7) is 6.05. The summed E-state index contributed by atoms with van der Waals surface area (Å²) in [5, 5.41) is 2.82. The van der Waals surface area contributed by atoms with Crippen molar-refractivity contribution < 1.29 is 19.1 Å². The number of amides is 2. The lowest BCUT2D eigenvalue weighted by atomic mass is 10.1. The van der Waals surface area contributed by atoms with Crippen molar-refractivity contribution in [3.05, 3.63) is 59.7 Å². The zero-order chi connectivity index (χ0) is 20.8. The van der Waals surface area contributed by atoms with Crippen LogP contribution < -0.4 is 10.2 Å². The lowest BCUT2D eigenvalue weighted by Crippen LogP contribution is -2.50. The molecule has 152 valence electrons. The van der Waals surface area contributed by atoms with Gasteiger partial charge in [-0.15, -0.1) is 0 Å². The number of anilines is 2. The molecule has 0 saturated carbocycles. The van der Waals surface area contributed by atoms with Crippen LogP contribution in [0.2, 0.25) is 0 Å². The van der Waals surface area contributed by atoms with Crippen molar-refractivity contribution in [1.82, 2.24) is 4.90 Å². The number of piperazine rings is 1. The molecule has 7 nitrogen and oxygen atoms in total. The van der Waals surface area contributed by atoms with E-state index < -0.39 is 5.97 Å². The van der Waals surface area contributed by atoms with Crippen LogP contribution in [0, 0.1) is 0 Å². The van der Waals surface area contributed by atoms with Crippen LogP contribution in [0.15, 0.2) is 48.5 Å². The standard InChI is InChI=1S/C22H25N3O4/c1-3-29-21(27)19-6-4-5-7-20(19)23-22(28)25-14-12-24(13-15-25)18-10-8-17(9-11-18)16(2)26/h4-11H,3,12-15H2,1-2H3,(H,23,28). The highest BCUT2D eigenvalue weighted by molar-refractivity contribution is 6.00. The van der Waals surface area contributed by atoms with Gasteiger partial charge in [0.2, 0.25) is 0 Å². The van der Waals surface area contributed by atoms with Crippen molar-refractivity contribution in [3.63, 3.8) is 0 Å². The topological polar surface area (TPSA) is 79.0 Å². The van der Waals surface area contributed by atoms with Crippen LogP contribution in [0.25, 0.3) is 0 Å². The number of ketones is 1. The number of hydrogen-bond acceptors (Lipinski definition) is 5. The predicted molar refractivity (Wildman–Crippen MR) is 112 cm³/mol. The van der Waals surface area contributed by atoms with Crippen molar-refractivity contribution in [1.29, 1.82) is 0 Å². The van der Waals surface area contributed by atoms with Crippen LogP contribution in [0.1, 0.15) is 34.6 Å². The van der Waals surface area contributed by atoms with Crippen molar-refractivity contribution in [2.45, 2.75) is 13.8 Å². The number of urea groups is 1. The first-order valence-corrected chi connectivity index (χ1v) is 9.67. The summed E-state index contributed by atoms with van der Waals surface area (Å²) in [4.78, 5) is 40.1. The van der Waals surface area contributed by atoms with E-state index in [1.807, 2.05) is 24.3 Å². The molecule has 1 heterocycles. The molecule has 0 atom stereocenters. The highest BCUT2D eigenvalue weighted by Crippen LogP contribution is 2.20. The number of Topliss-reactive ketones (excluding diaryl/α,β-unsaturated/α-hetero) is 1. The average Bonchev–Trinajstić information content (AvgIpc) is 2.74. The van der Waals surface area contributed by atoms with Gasteiger partial charge in [0.1, 0.15) is 0 Å². The summed E-state index contributed by atoms with van der Waals surface area (Å²) < 4.78 is 5.05. The first-order valence-electron chi connectivity index (χ1n) is 9.67. The highest BCUT2D eigenvalue weighted by Gasteiger charge is 2.23. The number of carbonyl (C=O) groups excluding carboxylic acids is 3. The molecule has 1 N–H and O–H groups in total. The number of rotatable bonds is 5. The third kappa shape index (κ3) is 4.93. The third-order valence-corrected chi connectivity index (χ3v) is 4.87. The molecule has 0 spiro atoms. The van der Waals surface area contributed by atoms with Crippen LogP contribution in [-0.2, 0) is 4.74 Å². The maximum absolute atomic E-state index is 12.7. The third-order valence-electron chi connectivity index (χ3n) is 4.87. The minimum atomic E-state index is -0.456. The Morgan fingerprint density at radius 2 is 1.62 bits per heavy atom. The molecule has 1 aliphatic rings. The van der Waals surface area contributed by atoms with Crippen LogP contribution in [0.3, 0.4) is 0 Å². The Kier molecular flexibility index (Phi) is 6.49. The number of ether oxygens (including phenoxy) is 1. The number of benzene rings is 2. The summed E-state index contributed by atoms with van der Waals surface area (Å²) in [5.74, 6) is -0.414. The molecule has 0 aromatic heterocycles. The minimum Gasteiger partial charge on any atom is -0.462 e. The number of para-hydroxylation sites is 1. The van der Waals surface area contributed by atoms with Gasteiger partial charge in [-0.3, -0.25) is 4.79 Å². The molecule has 3 rings (SSSR count). The highest BCUT2D eigenvalue weighted by atomic mass is 16.5. The van der Waals surface area contributed by atoms with Gasteiger partial charge in [-0.25, -0.2) is 9.59 Å². The van der Waals surface area contributed by atoms with E-state index in [9.17, 15) is 14.4 Å². The van der Waals surface area contributed by atoms with Crippen LogP contribution >= 0.6 is 0 Å². The number of esters is 1. The van der Waals surface area contributed by atoms with E-state index in [-0.39, 0.29) is 18.4 Å². The van der Waals surface area contributed by atoms with E-state index in [2.05, 4.69) is 10.2 Å². The summed E-state index contributed by atoms with van der Waals surface area (Å²) in [6, 6.07) is 14.1. The van der Waals surface area contributed by atoms with Crippen molar-refractivity contribution in [2.75, 3.05) is 43.0 Å². The zero-order valence-electron chi connectivity index (χ0n) is 16.7. The Morgan fingerprint density at radius 1 is 0.966 bits per heavy atom. The van der Waals surface area contributed by atoms with Gasteiger partial charge < -0.3 is 19.9 Å². The van der Waals surface area contributed by atoms with E-state index >= 15 is 0 Å². The quantitative estimate of drug-likeness (QED) is 0.620. The zero-order valence-corrected chi connectivity index (χ0v) is 16.7. The van der Waals surface area contributed by atoms with Crippen LogP contribution in [0.4, 0.5) is 16.2 Å². The van der Waals surface area contributed by atoms with Crippen molar-refractivity contribution >= 4 is 29.2 Å². The second-order valence-corrected chi connectivity index (χ2v) is 6.77. The molecule has 2 aromatic rings. The summed E-state index contributed by atoms with van der Waals surface area (Å²) in [5.41, 5.74) is 2.50. The Balaban J connectivity index is 1.59. The van der Waals surface area contributed by atoms with Gasteiger partial charge in [0.25, 0.3) is 0 Å². The number of nitrogens with one attached hydrogen (secondary N) is 1. The smallest absolute Gasteiger partial charge is 0.340 e. The van der Waals surface area contributed by atoms with Gasteiger partial charge in [0, 0.05) is 37.4 Å². The minimum absolute atomic E-state index is 0.0427. The maximum atomic E-state index is 12.7. The second kappa shape index (κ2) is 9.23. The molecule has 1 aliphatic heterocycles. The molecule has 7 heteroatoms. The Hall–Kier alpha value is -3.35. The number of carbonyl (C=O) groups is 3. The van der Waals surface area contributed by atoms with Gasteiger partial charge in [0.05, 0.1) is 17.9 Å². The van der Waals surface area contributed by atoms with E-state index in [0.717, 1.165) is 5.69 Å². The molecule has 1 saturated heterocycles. The van der Waals surface area contributed by atoms with E-state index in [1.165, 1.54) is 0 Å². The average molecular weight is 395 g/mol. The molecular formula is C22H25N3O4. The summed E-state index contributed by atoms with van der Waals surface area (Å²) in [7, 11) is 0. The van der Waals surface area contributed by atoms with Gasteiger partial charge in [0.15, 0.2) is 5.78 Å². The molecule has 0 unspecified atom stereocenters. The van der Waals surface area contributed by atoms with Gasteiger partial charge in [-0.05, 0) is 50.2 Å². The molecule has 2 aromatic carbocycles. The molecule has 0 aliphatic carbocycles. The second-order valence-electron chi connectivity index (χ2n) is 6.77. The lowest BCUT2D eigenvalue weighted by Gasteiger charge is -2.36. The Labute approximate surface area is 170 Å². The molecular weight excluding hydrogens is 370 g/mol. The first kappa shape index (κ1) is 20.4. The van der Waals surface area contributed by atoms with E-state index in [0.29, 0.717) is 43.0 Å². The Bertz CT molecular complexity index is 887. The number of nitrogens with zero attached hydrogens (tertiary/aromatic N) is 2. The molecule has 1 fully saturated rings. The number of hydrogen-bond donors (Lipinski definition) is 1. The van der Waals surface area contributed by atoms with Crippen LogP contribution in [0.5, 0.6) is 0 Å². The van der Waals surface area contributed by atoms with Crippen LogP contribution in [-0.4, -0.2) is 55.5 Å². The molecule has 0 bridgehead atoms. The van der Waals surface area contributed by atoms with Gasteiger partial charge in [-0.1, -0.05) is 12.1 Å². The first-order chi connectivity index (χ1) is 14.0. The van der Waals surface area contributed by atoms with Gasteiger partial charge in [-0.2, -0.15) is 0 Å². The normalized spacial score (nSPS) is 13.7. The van der Waals surface area contributed by atoms with E-state index in [1.54, 1.807) is 43.0 Å². The lowest BCUT2D eigenvalue weighted by molar-refractivity contribution is 0.0527. The summed E-state index contributed by atoms with van der Waals surface area (Å²) >= 11 is 0. The molecule has 2 amide bonds. The SMILES string of the molecule is CCOC(=O)c1ccccc1NC(=O)N1CCN(c2ccc(C(C)=O)cc2)CC1. The monoisotopic (exact) mass is 395 g/mol. The fraction of sp³-hybridized carbons (Fsp3) is 0.318. The summed E-state index contributed by atoms with van der Waals surface area (Å²) in [6.07, 6.45) is 0. The van der Waals surface area contributed by atoms with E-state index in [4.69, 9.17) is 4.74 Å². The molecule has 0 radical (unpaired) electrons. The largest absolute Gasteiger partial charge is 0.462 e.